The van der Waals surface area contributed by atoms with Crippen molar-refractivity contribution in [2.45, 2.75) is 39.3 Å². The van der Waals surface area contributed by atoms with Crippen LogP contribution in [0.2, 0.25) is 0 Å². The van der Waals surface area contributed by atoms with Crippen molar-refractivity contribution in [3.63, 3.8) is 0 Å². The lowest BCUT2D eigenvalue weighted by molar-refractivity contribution is 0.233. The SMILES string of the molecule is CC(C)(C)c1cc(CN2CCNCC2)ccc1CO. The highest BCUT2D eigenvalue weighted by molar-refractivity contribution is 5.36. The number of hydrogen-bond acceptors (Lipinski definition) is 3. The fraction of sp³-hybridized carbons (Fsp3) is 0.625. The molecule has 106 valence electrons. The summed E-state index contributed by atoms with van der Waals surface area (Å²) in [4.78, 5) is 2.48. The van der Waals surface area contributed by atoms with Gasteiger partial charge in [0.1, 0.15) is 0 Å². The van der Waals surface area contributed by atoms with E-state index in [0.29, 0.717) is 0 Å². The Balaban J connectivity index is 2.17. The summed E-state index contributed by atoms with van der Waals surface area (Å²) in [5.74, 6) is 0. The van der Waals surface area contributed by atoms with E-state index in [1.165, 1.54) is 11.1 Å². The molecule has 0 amide bonds. The maximum Gasteiger partial charge on any atom is 0.0684 e. The highest BCUT2D eigenvalue weighted by atomic mass is 16.3. The lowest BCUT2D eigenvalue weighted by Crippen LogP contribution is -2.42. The second-order valence-electron chi connectivity index (χ2n) is 6.43. The van der Waals surface area contributed by atoms with Crippen molar-refractivity contribution in [1.29, 1.82) is 0 Å². The average molecular weight is 262 g/mol. The second kappa shape index (κ2) is 6.04. The molecule has 3 nitrogen and oxygen atoms in total. The van der Waals surface area contributed by atoms with Gasteiger partial charge in [0.2, 0.25) is 0 Å². The largest absolute Gasteiger partial charge is 0.392 e. The molecule has 1 heterocycles. The molecule has 1 aromatic carbocycles. The standard InChI is InChI=1S/C16H26N2O/c1-16(2,3)15-10-13(4-5-14(15)12-19)11-18-8-6-17-7-9-18/h4-5,10,17,19H,6-9,11-12H2,1-3H3. The molecule has 1 aromatic rings. The van der Waals surface area contributed by atoms with E-state index in [4.69, 9.17) is 0 Å². The first-order chi connectivity index (χ1) is 9.00. The minimum atomic E-state index is 0.0809. The van der Waals surface area contributed by atoms with E-state index in [-0.39, 0.29) is 12.0 Å². The molecule has 1 saturated heterocycles. The second-order valence-corrected chi connectivity index (χ2v) is 6.43. The van der Waals surface area contributed by atoms with Crippen LogP contribution in [0, 0.1) is 0 Å². The zero-order chi connectivity index (χ0) is 13.9. The zero-order valence-corrected chi connectivity index (χ0v) is 12.4. The lowest BCUT2D eigenvalue weighted by Gasteiger charge is -2.28. The first kappa shape index (κ1) is 14.5. The van der Waals surface area contributed by atoms with Crippen LogP contribution in [0.15, 0.2) is 18.2 Å². The Hall–Kier alpha value is -0.900. The van der Waals surface area contributed by atoms with Gasteiger partial charge in [-0.25, -0.2) is 0 Å². The van der Waals surface area contributed by atoms with Crippen molar-refractivity contribution in [2.75, 3.05) is 26.2 Å². The van der Waals surface area contributed by atoms with Crippen LogP contribution >= 0.6 is 0 Å². The van der Waals surface area contributed by atoms with Gasteiger partial charge in [-0.2, -0.15) is 0 Å². The van der Waals surface area contributed by atoms with Crippen LogP contribution in [0.1, 0.15) is 37.5 Å². The van der Waals surface area contributed by atoms with Gasteiger partial charge in [-0.3, -0.25) is 4.90 Å². The van der Waals surface area contributed by atoms with E-state index in [0.717, 1.165) is 38.3 Å². The van der Waals surface area contributed by atoms with Gasteiger partial charge in [-0.1, -0.05) is 39.0 Å². The van der Waals surface area contributed by atoms with Crippen molar-refractivity contribution in [1.82, 2.24) is 10.2 Å². The molecular weight excluding hydrogens is 236 g/mol. The van der Waals surface area contributed by atoms with Gasteiger partial charge < -0.3 is 10.4 Å². The highest BCUT2D eigenvalue weighted by Gasteiger charge is 2.19. The summed E-state index contributed by atoms with van der Waals surface area (Å²) in [5.41, 5.74) is 3.75. The molecule has 0 atom stereocenters. The molecule has 3 heteroatoms. The molecule has 1 aliphatic rings. The monoisotopic (exact) mass is 262 g/mol. The maximum atomic E-state index is 9.48. The summed E-state index contributed by atoms with van der Waals surface area (Å²) < 4.78 is 0. The van der Waals surface area contributed by atoms with Gasteiger partial charge >= 0.3 is 0 Å². The third-order valence-corrected chi connectivity index (χ3v) is 3.77. The van der Waals surface area contributed by atoms with Crippen molar-refractivity contribution in [3.05, 3.63) is 34.9 Å². The molecule has 1 fully saturated rings. The summed E-state index contributed by atoms with van der Waals surface area (Å²) in [6.07, 6.45) is 0. The van der Waals surface area contributed by atoms with E-state index in [9.17, 15) is 5.11 Å². The van der Waals surface area contributed by atoms with Crippen molar-refractivity contribution < 1.29 is 5.11 Å². The molecule has 0 radical (unpaired) electrons. The molecule has 0 aromatic heterocycles. The molecule has 2 N–H and O–H groups in total. The fourth-order valence-corrected chi connectivity index (χ4v) is 2.69. The minimum absolute atomic E-state index is 0.0809. The molecule has 0 bridgehead atoms. The number of nitrogens with one attached hydrogen (secondary N) is 1. The maximum absolute atomic E-state index is 9.48. The number of nitrogens with zero attached hydrogens (tertiary/aromatic N) is 1. The van der Waals surface area contributed by atoms with E-state index >= 15 is 0 Å². The normalized spacial score (nSPS) is 17.7. The Labute approximate surface area is 116 Å². The number of piperazine rings is 1. The summed E-state index contributed by atoms with van der Waals surface area (Å²) in [6, 6.07) is 6.51. The van der Waals surface area contributed by atoms with Gasteiger partial charge in [0.05, 0.1) is 6.61 Å². The number of aliphatic hydroxyl groups excluding tert-OH is 1. The van der Waals surface area contributed by atoms with Gasteiger partial charge in [-0.15, -0.1) is 0 Å². The van der Waals surface area contributed by atoms with Crippen molar-refractivity contribution in [3.8, 4) is 0 Å². The van der Waals surface area contributed by atoms with Crippen LogP contribution in [0.4, 0.5) is 0 Å². The molecule has 1 aliphatic heterocycles. The van der Waals surface area contributed by atoms with Crippen LogP contribution in [0.3, 0.4) is 0 Å². The van der Waals surface area contributed by atoms with E-state index in [1.54, 1.807) is 0 Å². The first-order valence-electron chi connectivity index (χ1n) is 7.17. The average Bonchev–Trinajstić information content (AvgIpc) is 2.39. The summed E-state index contributed by atoms with van der Waals surface area (Å²) >= 11 is 0. The van der Waals surface area contributed by atoms with Gasteiger partial charge in [0, 0.05) is 32.7 Å². The van der Waals surface area contributed by atoms with E-state index in [2.05, 4.69) is 49.2 Å². The predicted molar refractivity (Wildman–Crippen MR) is 79.2 cm³/mol. The Morgan fingerprint density at radius 1 is 1.21 bits per heavy atom. The third-order valence-electron chi connectivity index (χ3n) is 3.77. The summed E-state index contributed by atoms with van der Waals surface area (Å²) in [6.45, 7) is 12.2. The highest BCUT2D eigenvalue weighted by Crippen LogP contribution is 2.27. The summed E-state index contributed by atoms with van der Waals surface area (Å²) in [5, 5.41) is 12.9. The Morgan fingerprint density at radius 3 is 2.47 bits per heavy atom. The quantitative estimate of drug-likeness (QED) is 0.873. The summed E-state index contributed by atoms with van der Waals surface area (Å²) in [7, 11) is 0. The molecule has 2 rings (SSSR count). The van der Waals surface area contributed by atoms with E-state index in [1.807, 2.05) is 0 Å². The minimum Gasteiger partial charge on any atom is -0.392 e. The number of hydrogen-bond donors (Lipinski definition) is 2. The van der Waals surface area contributed by atoms with Gasteiger partial charge in [0.25, 0.3) is 0 Å². The van der Waals surface area contributed by atoms with Crippen LogP contribution in [0.5, 0.6) is 0 Å². The van der Waals surface area contributed by atoms with Crippen molar-refractivity contribution in [2.24, 2.45) is 0 Å². The fourth-order valence-electron chi connectivity index (χ4n) is 2.69. The van der Waals surface area contributed by atoms with Crippen LogP contribution < -0.4 is 5.32 Å². The number of aliphatic hydroxyl groups is 1. The Kier molecular flexibility index (Phi) is 4.61. The Morgan fingerprint density at radius 2 is 1.89 bits per heavy atom. The zero-order valence-electron chi connectivity index (χ0n) is 12.4. The van der Waals surface area contributed by atoms with Gasteiger partial charge in [0.15, 0.2) is 0 Å². The first-order valence-corrected chi connectivity index (χ1v) is 7.17. The van der Waals surface area contributed by atoms with Crippen LogP contribution in [-0.4, -0.2) is 36.2 Å². The van der Waals surface area contributed by atoms with E-state index < -0.39 is 0 Å². The lowest BCUT2D eigenvalue weighted by atomic mass is 9.83. The molecule has 0 saturated carbocycles. The molecule has 0 aliphatic carbocycles. The number of rotatable bonds is 3. The molecule has 19 heavy (non-hydrogen) atoms. The third kappa shape index (κ3) is 3.78. The molecular formula is C16H26N2O. The Bertz CT molecular complexity index is 417. The molecule has 0 unspecified atom stereocenters. The van der Waals surface area contributed by atoms with Crippen LogP contribution in [0.25, 0.3) is 0 Å². The van der Waals surface area contributed by atoms with Gasteiger partial charge in [-0.05, 0) is 22.1 Å². The predicted octanol–water partition coefficient (Wildman–Crippen LogP) is 1.88. The van der Waals surface area contributed by atoms with Crippen LogP contribution in [-0.2, 0) is 18.6 Å². The number of benzene rings is 1. The smallest absolute Gasteiger partial charge is 0.0684 e. The topological polar surface area (TPSA) is 35.5 Å². The van der Waals surface area contributed by atoms with Crippen molar-refractivity contribution >= 4 is 0 Å². The molecule has 0 spiro atoms.